The van der Waals surface area contributed by atoms with E-state index in [4.69, 9.17) is 4.74 Å². The molecular formula is C10H21NO2. The standard InChI is InChI=1S/C10H21NO2/c1-5-7-8(3)9(11-4)10(12)13-6-2/h8-9,11H,5-7H2,1-4H3. The van der Waals surface area contributed by atoms with E-state index in [0.717, 1.165) is 12.8 Å². The predicted molar refractivity (Wildman–Crippen MR) is 53.6 cm³/mol. The van der Waals surface area contributed by atoms with Crippen LogP contribution in [0.4, 0.5) is 0 Å². The van der Waals surface area contributed by atoms with Crippen molar-refractivity contribution in [2.24, 2.45) is 5.92 Å². The molecule has 0 amide bonds. The van der Waals surface area contributed by atoms with Gasteiger partial charge in [-0.2, -0.15) is 0 Å². The maximum Gasteiger partial charge on any atom is 0.323 e. The predicted octanol–water partition coefficient (Wildman–Crippen LogP) is 1.57. The van der Waals surface area contributed by atoms with E-state index in [9.17, 15) is 4.79 Å². The Morgan fingerprint density at radius 3 is 2.46 bits per heavy atom. The Hall–Kier alpha value is -0.570. The van der Waals surface area contributed by atoms with E-state index < -0.39 is 0 Å². The molecule has 0 saturated carbocycles. The zero-order chi connectivity index (χ0) is 10.3. The molecule has 0 aliphatic heterocycles. The minimum absolute atomic E-state index is 0.133. The molecule has 0 aromatic heterocycles. The van der Waals surface area contributed by atoms with Crippen LogP contribution in [0.2, 0.25) is 0 Å². The number of likely N-dealkylation sites (N-methyl/N-ethyl adjacent to an activating group) is 1. The highest BCUT2D eigenvalue weighted by Crippen LogP contribution is 2.11. The summed E-state index contributed by atoms with van der Waals surface area (Å²) >= 11 is 0. The monoisotopic (exact) mass is 187 g/mol. The number of ether oxygens (including phenoxy) is 1. The molecular weight excluding hydrogens is 166 g/mol. The van der Waals surface area contributed by atoms with Crippen LogP contribution in [0.1, 0.15) is 33.6 Å². The van der Waals surface area contributed by atoms with E-state index in [-0.39, 0.29) is 12.0 Å². The van der Waals surface area contributed by atoms with Crippen LogP contribution in [-0.2, 0) is 9.53 Å². The van der Waals surface area contributed by atoms with Crippen LogP contribution in [-0.4, -0.2) is 25.7 Å². The van der Waals surface area contributed by atoms with Crippen LogP contribution in [0.25, 0.3) is 0 Å². The van der Waals surface area contributed by atoms with Crippen molar-refractivity contribution < 1.29 is 9.53 Å². The molecule has 0 aliphatic carbocycles. The van der Waals surface area contributed by atoms with E-state index in [2.05, 4.69) is 19.2 Å². The number of rotatable bonds is 6. The zero-order valence-corrected chi connectivity index (χ0v) is 9.09. The summed E-state index contributed by atoms with van der Waals surface area (Å²) in [6.07, 6.45) is 2.14. The summed E-state index contributed by atoms with van der Waals surface area (Å²) < 4.78 is 4.96. The molecule has 0 saturated heterocycles. The van der Waals surface area contributed by atoms with Crippen molar-refractivity contribution in [2.75, 3.05) is 13.7 Å². The maximum absolute atomic E-state index is 11.4. The van der Waals surface area contributed by atoms with Gasteiger partial charge in [-0.25, -0.2) is 0 Å². The summed E-state index contributed by atoms with van der Waals surface area (Å²) in [6.45, 7) is 6.47. The topological polar surface area (TPSA) is 38.3 Å². The number of nitrogens with one attached hydrogen (secondary N) is 1. The Bertz CT molecular complexity index is 148. The average Bonchev–Trinajstić information content (AvgIpc) is 2.06. The van der Waals surface area contributed by atoms with E-state index in [1.165, 1.54) is 0 Å². The maximum atomic E-state index is 11.4. The van der Waals surface area contributed by atoms with Crippen molar-refractivity contribution in [3.05, 3.63) is 0 Å². The number of hydrogen-bond donors (Lipinski definition) is 1. The fourth-order valence-corrected chi connectivity index (χ4v) is 1.49. The fourth-order valence-electron chi connectivity index (χ4n) is 1.49. The molecule has 0 spiro atoms. The minimum Gasteiger partial charge on any atom is -0.465 e. The van der Waals surface area contributed by atoms with E-state index in [1.54, 1.807) is 7.05 Å². The largest absolute Gasteiger partial charge is 0.465 e. The summed E-state index contributed by atoms with van der Waals surface area (Å²) in [4.78, 5) is 11.4. The highest BCUT2D eigenvalue weighted by Gasteiger charge is 2.23. The van der Waals surface area contributed by atoms with Gasteiger partial charge in [0.05, 0.1) is 6.61 Å². The lowest BCUT2D eigenvalue weighted by Crippen LogP contribution is -2.40. The SMILES string of the molecule is CCCC(C)C(NC)C(=O)OCC. The van der Waals surface area contributed by atoms with Gasteiger partial charge in [-0.3, -0.25) is 4.79 Å². The molecule has 3 nitrogen and oxygen atoms in total. The Kier molecular flexibility index (Phi) is 6.59. The summed E-state index contributed by atoms with van der Waals surface area (Å²) in [7, 11) is 1.80. The summed E-state index contributed by atoms with van der Waals surface area (Å²) in [5, 5.41) is 3.00. The third-order valence-electron chi connectivity index (χ3n) is 2.16. The number of carbonyl (C=O) groups is 1. The Balaban J connectivity index is 4.06. The molecule has 78 valence electrons. The molecule has 3 heteroatoms. The second kappa shape index (κ2) is 6.89. The van der Waals surface area contributed by atoms with E-state index >= 15 is 0 Å². The first kappa shape index (κ1) is 12.4. The first-order valence-corrected chi connectivity index (χ1v) is 5.01. The van der Waals surface area contributed by atoms with Gasteiger partial charge in [-0.05, 0) is 26.3 Å². The van der Waals surface area contributed by atoms with Gasteiger partial charge in [0, 0.05) is 0 Å². The molecule has 0 aliphatic rings. The van der Waals surface area contributed by atoms with Crippen LogP contribution >= 0.6 is 0 Å². The second-order valence-electron chi connectivity index (χ2n) is 3.28. The van der Waals surface area contributed by atoms with Crippen molar-refractivity contribution >= 4 is 5.97 Å². The molecule has 13 heavy (non-hydrogen) atoms. The summed E-state index contributed by atoms with van der Waals surface area (Å²) in [6, 6.07) is -0.153. The number of esters is 1. The molecule has 2 atom stereocenters. The number of carbonyl (C=O) groups excluding carboxylic acids is 1. The fraction of sp³-hybridized carbons (Fsp3) is 0.900. The van der Waals surface area contributed by atoms with Crippen LogP contribution in [0.5, 0.6) is 0 Å². The van der Waals surface area contributed by atoms with E-state index in [0.29, 0.717) is 12.5 Å². The molecule has 0 aromatic rings. The Morgan fingerprint density at radius 1 is 1.46 bits per heavy atom. The van der Waals surface area contributed by atoms with Gasteiger partial charge >= 0.3 is 5.97 Å². The minimum atomic E-state index is -0.153. The molecule has 0 bridgehead atoms. The molecule has 2 unspecified atom stereocenters. The molecule has 0 rings (SSSR count). The summed E-state index contributed by atoms with van der Waals surface area (Å²) in [5.41, 5.74) is 0. The molecule has 0 fully saturated rings. The van der Waals surface area contributed by atoms with Gasteiger partial charge in [0.15, 0.2) is 0 Å². The Morgan fingerprint density at radius 2 is 2.08 bits per heavy atom. The van der Waals surface area contributed by atoms with Gasteiger partial charge in [0.1, 0.15) is 6.04 Å². The smallest absolute Gasteiger partial charge is 0.323 e. The van der Waals surface area contributed by atoms with Gasteiger partial charge in [0.25, 0.3) is 0 Å². The molecule has 0 radical (unpaired) electrons. The van der Waals surface area contributed by atoms with E-state index in [1.807, 2.05) is 6.92 Å². The lowest BCUT2D eigenvalue weighted by atomic mass is 9.97. The van der Waals surface area contributed by atoms with Crippen LogP contribution < -0.4 is 5.32 Å². The highest BCUT2D eigenvalue weighted by molar-refractivity contribution is 5.76. The van der Waals surface area contributed by atoms with Crippen LogP contribution in [0.15, 0.2) is 0 Å². The highest BCUT2D eigenvalue weighted by atomic mass is 16.5. The normalized spacial score (nSPS) is 15.1. The molecule has 0 heterocycles. The molecule has 0 aromatic carbocycles. The third-order valence-corrected chi connectivity index (χ3v) is 2.16. The van der Waals surface area contributed by atoms with Crippen LogP contribution in [0.3, 0.4) is 0 Å². The second-order valence-corrected chi connectivity index (χ2v) is 3.28. The van der Waals surface area contributed by atoms with Gasteiger partial charge in [-0.15, -0.1) is 0 Å². The molecule has 1 N–H and O–H groups in total. The van der Waals surface area contributed by atoms with Crippen LogP contribution in [0, 0.1) is 5.92 Å². The first-order valence-electron chi connectivity index (χ1n) is 5.01. The van der Waals surface area contributed by atoms with Crippen molar-refractivity contribution in [3.8, 4) is 0 Å². The lowest BCUT2D eigenvalue weighted by molar-refractivity contribution is -0.146. The number of hydrogen-bond acceptors (Lipinski definition) is 3. The van der Waals surface area contributed by atoms with Gasteiger partial charge in [0.2, 0.25) is 0 Å². The first-order chi connectivity index (χ1) is 6.17. The zero-order valence-electron chi connectivity index (χ0n) is 9.09. The van der Waals surface area contributed by atoms with Gasteiger partial charge in [-0.1, -0.05) is 20.3 Å². The van der Waals surface area contributed by atoms with Crippen molar-refractivity contribution in [1.82, 2.24) is 5.32 Å². The quantitative estimate of drug-likeness (QED) is 0.641. The van der Waals surface area contributed by atoms with Crippen molar-refractivity contribution in [1.29, 1.82) is 0 Å². The van der Waals surface area contributed by atoms with Crippen molar-refractivity contribution in [2.45, 2.75) is 39.7 Å². The Labute approximate surface area is 80.8 Å². The average molecular weight is 187 g/mol. The summed E-state index contributed by atoms with van der Waals surface area (Å²) in [5.74, 6) is 0.208. The third kappa shape index (κ3) is 4.27. The van der Waals surface area contributed by atoms with Crippen molar-refractivity contribution in [3.63, 3.8) is 0 Å². The lowest BCUT2D eigenvalue weighted by Gasteiger charge is -2.20. The van der Waals surface area contributed by atoms with Gasteiger partial charge < -0.3 is 10.1 Å².